The Morgan fingerprint density at radius 1 is 1.12 bits per heavy atom. The van der Waals surface area contributed by atoms with Crippen LogP contribution in [0.2, 0.25) is 0 Å². The third-order valence-corrected chi connectivity index (χ3v) is 5.57. The van der Waals surface area contributed by atoms with Gasteiger partial charge in [0.2, 0.25) is 0 Å². The van der Waals surface area contributed by atoms with E-state index in [0.717, 1.165) is 5.92 Å². The standard InChI is InChI=1S/C14H24O2/c1-13(2)11-5-3-4-10-6-7-12(9-15)14(10,8-11)16-13/h10-12,15H,3-9H2,1-2H3/t10?,11-,12-,14-/m0/s1. The van der Waals surface area contributed by atoms with Crippen molar-refractivity contribution in [1.29, 1.82) is 0 Å². The monoisotopic (exact) mass is 224 g/mol. The van der Waals surface area contributed by atoms with Gasteiger partial charge in [-0.25, -0.2) is 0 Å². The van der Waals surface area contributed by atoms with Gasteiger partial charge < -0.3 is 9.84 Å². The predicted molar refractivity (Wildman–Crippen MR) is 63.2 cm³/mol. The van der Waals surface area contributed by atoms with Gasteiger partial charge in [0.15, 0.2) is 0 Å². The molecule has 0 radical (unpaired) electrons. The van der Waals surface area contributed by atoms with E-state index in [1.807, 2.05) is 0 Å². The van der Waals surface area contributed by atoms with Crippen LogP contribution in [0.25, 0.3) is 0 Å². The van der Waals surface area contributed by atoms with E-state index in [2.05, 4.69) is 13.8 Å². The third-order valence-electron chi connectivity index (χ3n) is 5.57. The van der Waals surface area contributed by atoms with Crippen LogP contribution in [0.3, 0.4) is 0 Å². The van der Waals surface area contributed by atoms with Crippen molar-refractivity contribution in [2.45, 2.75) is 63.6 Å². The summed E-state index contributed by atoms with van der Waals surface area (Å²) in [5.41, 5.74) is 0.0792. The van der Waals surface area contributed by atoms with Crippen LogP contribution in [0, 0.1) is 17.8 Å². The highest BCUT2D eigenvalue weighted by atomic mass is 16.5. The lowest BCUT2D eigenvalue weighted by atomic mass is 9.79. The zero-order valence-electron chi connectivity index (χ0n) is 10.5. The summed E-state index contributed by atoms with van der Waals surface area (Å²) in [4.78, 5) is 0. The van der Waals surface area contributed by atoms with Crippen molar-refractivity contribution >= 4 is 0 Å². The molecule has 0 aromatic rings. The number of ether oxygens (including phenoxy) is 1. The Bertz CT molecular complexity index is 286. The molecule has 1 unspecified atom stereocenters. The largest absolute Gasteiger partial charge is 0.396 e. The molecular formula is C14H24O2. The maximum absolute atomic E-state index is 9.60. The Hall–Kier alpha value is -0.0800. The van der Waals surface area contributed by atoms with Crippen molar-refractivity contribution in [2.75, 3.05) is 6.61 Å². The number of hydrogen-bond acceptors (Lipinski definition) is 2. The summed E-state index contributed by atoms with van der Waals surface area (Å²) in [5, 5.41) is 9.60. The Kier molecular flexibility index (Phi) is 2.38. The summed E-state index contributed by atoms with van der Waals surface area (Å²) in [7, 11) is 0. The zero-order valence-corrected chi connectivity index (χ0v) is 10.5. The highest BCUT2D eigenvalue weighted by molar-refractivity contribution is 5.10. The van der Waals surface area contributed by atoms with Crippen molar-refractivity contribution in [3.63, 3.8) is 0 Å². The lowest BCUT2D eigenvalue weighted by molar-refractivity contribution is -0.145. The molecule has 2 saturated carbocycles. The van der Waals surface area contributed by atoms with Gasteiger partial charge >= 0.3 is 0 Å². The van der Waals surface area contributed by atoms with Crippen LogP contribution >= 0.6 is 0 Å². The van der Waals surface area contributed by atoms with E-state index in [1.54, 1.807) is 0 Å². The minimum Gasteiger partial charge on any atom is -0.396 e. The average molecular weight is 224 g/mol. The van der Waals surface area contributed by atoms with E-state index in [1.165, 1.54) is 38.5 Å². The molecule has 1 N–H and O–H groups in total. The van der Waals surface area contributed by atoms with Crippen LogP contribution in [0.15, 0.2) is 0 Å². The van der Waals surface area contributed by atoms with Gasteiger partial charge in [0.1, 0.15) is 0 Å². The van der Waals surface area contributed by atoms with E-state index in [9.17, 15) is 5.11 Å². The first-order valence-corrected chi connectivity index (χ1v) is 6.89. The van der Waals surface area contributed by atoms with Crippen LogP contribution in [0.4, 0.5) is 0 Å². The smallest absolute Gasteiger partial charge is 0.0771 e. The van der Waals surface area contributed by atoms with E-state index in [-0.39, 0.29) is 11.2 Å². The van der Waals surface area contributed by atoms with Gasteiger partial charge in [0, 0.05) is 12.5 Å². The van der Waals surface area contributed by atoms with Crippen LogP contribution in [-0.2, 0) is 4.74 Å². The van der Waals surface area contributed by atoms with E-state index in [4.69, 9.17) is 4.74 Å². The molecule has 3 fully saturated rings. The summed E-state index contributed by atoms with van der Waals surface area (Å²) in [6.45, 7) is 4.82. The van der Waals surface area contributed by atoms with Gasteiger partial charge in [-0.05, 0) is 57.8 Å². The van der Waals surface area contributed by atoms with Crippen molar-refractivity contribution in [1.82, 2.24) is 0 Å². The number of aliphatic hydroxyl groups excluding tert-OH is 1. The van der Waals surface area contributed by atoms with E-state index in [0.29, 0.717) is 18.4 Å². The van der Waals surface area contributed by atoms with Crippen molar-refractivity contribution in [3.05, 3.63) is 0 Å². The van der Waals surface area contributed by atoms with E-state index >= 15 is 0 Å². The minimum atomic E-state index is 0.0381. The molecule has 92 valence electrons. The number of rotatable bonds is 1. The Labute approximate surface area is 98.4 Å². The molecule has 3 aliphatic rings. The minimum absolute atomic E-state index is 0.0381. The fourth-order valence-electron chi connectivity index (χ4n) is 4.66. The van der Waals surface area contributed by atoms with Crippen LogP contribution < -0.4 is 0 Å². The molecule has 2 aliphatic carbocycles. The Morgan fingerprint density at radius 2 is 1.88 bits per heavy atom. The summed E-state index contributed by atoms with van der Waals surface area (Å²) < 4.78 is 6.51. The van der Waals surface area contributed by atoms with Crippen molar-refractivity contribution in [3.8, 4) is 0 Å². The highest BCUT2D eigenvalue weighted by Crippen LogP contribution is 2.59. The van der Waals surface area contributed by atoms with Gasteiger partial charge in [-0.2, -0.15) is 0 Å². The SMILES string of the molecule is CC1(C)O[C@@]23C[C@@H]1CCCC2CC[C@H]3CO. The molecule has 1 spiro atoms. The van der Waals surface area contributed by atoms with Gasteiger partial charge in [-0.15, -0.1) is 0 Å². The second-order valence-electron chi connectivity index (χ2n) is 6.65. The number of aliphatic hydroxyl groups is 1. The molecule has 0 aromatic carbocycles. The number of fused-ring (bicyclic) bond motifs is 1. The molecular weight excluding hydrogens is 200 g/mol. The molecule has 0 aromatic heterocycles. The zero-order chi connectivity index (χ0) is 11.4. The lowest BCUT2D eigenvalue weighted by Gasteiger charge is -2.38. The third kappa shape index (κ3) is 1.32. The second kappa shape index (κ2) is 3.46. The van der Waals surface area contributed by atoms with Gasteiger partial charge in [-0.1, -0.05) is 6.42 Å². The molecule has 2 heteroatoms. The molecule has 1 heterocycles. The summed E-state index contributed by atoms with van der Waals surface area (Å²) in [6, 6.07) is 0. The summed E-state index contributed by atoms with van der Waals surface area (Å²) in [6.07, 6.45) is 7.66. The quantitative estimate of drug-likeness (QED) is 0.742. The van der Waals surface area contributed by atoms with Crippen molar-refractivity contribution < 1.29 is 9.84 Å². The maximum Gasteiger partial charge on any atom is 0.0771 e. The lowest BCUT2D eigenvalue weighted by Crippen LogP contribution is -2.43. The fraction of sp³-hybridized carbons (Fsp3) is 1.00. The molecule has 16 heavy (non-hydrogen) atoms. The molecule has 1 aliphatic heterocycles. The normalized spacial score (nSPS) is 50.1. The summed E-state index contributed by atoms with van der Waals surface area (Å²) >= 11 is 0. The van der Waals surface area contributed by atoms with Gasteiger partial charge in [0.25, 0.3) is 0 Å². The first kappa shape index (κ1) is 11.0. The van der Waals surface area contributed by atoms with Gasteiger partial charge in [-0.3, -0.25) is 0 Å². The average Bonchev–Trinajstić information content (AvgIpc) is 2.59. The molecule has 2 nitrogen and oxygen atoms in total. The van der Waals surface area contributed by atoms with Crippen LogP contribution in [0.5, 0.6) is 0 Å². The Balaban J connectivity index is 1.97. The first-order valence-electron chi connectivity index (χ1n) is 6.89. The first-order chi connectivity index (χ1) is 7.58. The molecule has 0 amide bonds. The van der Waals surface area contributed by atoms with E-state index < -0.39 is 0 Å². The molecule has 3 rings (SSSR count). The molecule has 4 atom stereocenters. The summed E-state index contributed by atoms with van der Waals surface area (Å²) in [5.74, 6) is 1.83. The fourth-order valence-corrected chi connectivity index (χ4v) is 4.66. The van der Waals surface area contributed by atoms with Crippen LogP contribution in [-0.4, -0.2) is 22.9 Å². The molecule has 2 bridgehead atoms. The molecule has 1 saturated heterocycles. The predicted octanol–water partition coefficient (Wildman–Crippen LogP) is 2.74. The number of hydrogen-bond donors (Lipinski definition) is 1. The maximum atomic E-state index is 9.60. The Morgan fingerprint density at radius 3 is 2.62 bits per heavy atom. The van der Waals surface area contributed by atoms with Crippen molar-refractivity contribution in [2.24, 2.45) is 17.8 Å². The topological polar surface area (TPSA) is 29.5 Å². The van der Waals surface area contributed by atoms with Gasteiger partial charge in [0.05, 0.1) is 11.2 Å². The highest BCUT2D eigenvalue weighted by Gasteiger charge is 2.61. The second-order valence-corrected chi connectivity index (χ2v) is 6.65. The van der Waals surface area contributed by atoms with Crippen LogP contribution in [0.1, 0.15) is 52.4 Å².